The maximum Gasteiger partial charge on any atom is 0.336 e. The number of urea groups is 1. The van der Waals surface area contributed by atoms with Crippen LogP contribution in [0.5, 0.6) is 0 Å². The van der Waals surface area contributed by atoms with Crippen molar-refractivity contribution in [2.75, 3.05) is 18.5 Å². The lowest BCUT2D eigenvalue weighted by atomic mass is 9.85. The van der Waals surface area contributed by atoms with Crippen molar-refractivity contribution in [3.63, 3.8) is 0 Å². The van der Waals surface area contributed by atoms with Gasteiger partial charge in [0, 0.05) is 23.2 Å². The van der Waals surface area contributed by atoms with E-state index < -0.39 is 16.1 Å². The van der Waals surface area contributed by atoms with E-state index in [2.05, 4.69) is 12.2 Å². The third-order valence-electron chi connectivity index (χ3n) is 7.25. The molecule has 1 aliphatic heterocycles. The number of carbonyl (C=O) groups excluding carboxylic acids is 3. The molecule has 0 aromatic heterocycles. The summed E-state index contributed by atoms with van der Waals surface area (Å²) in [5, 5.41) is 2.84. The first-order valence-electron chi connectivity index (χ1n) is 13.4. The molecule has 9 nitrogen and oxygen atoms in total. The molecule has 2 aromatic carbocycles. The Balaban J connectivity index is 1.52. The van der Waals surface area contributed by atoms with Crippen LogP contribution in [-0.4, -0.2) is 54.7 Å². The van der Waals surface area contributed by atoms with E-state index in [9.17, 15) is 22.8 Å². The quantitative estimate of drug-likeness (QED) is 0.398. The predicted molar refractivity (Wildman–Crippen MR) is 148 cm³/mol. The standard InChI is InChI=1S/C28H34ClN3O6S/c1-3-5-15-31(23-12-9-20(10-13-23)27(34)38-4-2)26(33)21-8-6-7-19(16-21)18-32-28(35)30-24-14-11-22(29)17-25(24)39(32,36)37/h6-8,11,14,16-17,20,23H,3-5,9-10,12-13,15,18H2,1-2H3,(H,30,35). The summed E-state index contributed by atoms with van der Waals surface area (Å²) >= 11 is 6.01. The lowest BCUT2D eigenvalue weighted by molar-refractivity contribution is -0.149. The van der Waals surface area contributed by atoms with Crippen LogP contribution in [0.4, 0.5) is 10.5 Å². The molecule has 3 amide bonds. The van der Waals surface area contributed by atoms with Crippen LogP contribution >= 0.6 is 11.6 Å². The number of ether oxygens (including phenoxy) is 1. The number of fused-ring (bicyclic) bond motifs is 1. The molecule has 1 N–H and O–H groups in total. The number of sulfonamides is 1. The summed E-state index contributed by atoms with van der Waals surface area (Å²) in [4.78, 5) is 40.4. The molecule has 0 spiro atoms. The molecule has 1 heterocycles. The molecule has 1 aliphatic carbocycles. The third-order valence-corrected chi connectivity index (χ3v) is 9.25. The van der Waals surface area contributed by atoms with E-state index in [-0.39, 0.29) is 46.0 Å². The average Bonchev–Trinajstić information content (AvgIpc) is 2.92. The van der Waals surface area contributed by atoms with Crippen molar-refractivity contribution < 1.29 is 27.5 Å². The summed E-state index contributed by atoms with van der Waals surface area (Å²) in [6, 6.07) is 10.2. The molecule has 0 saturated heterocycles. The van der Waals surface area contributed by atoms with Gasteiger partial charge in [0.2, 0.25) is 0 Å². The maximum atomic E-state index is 13.7. The van der Waals surface area contributed by atoms with Gasteiger partial charge in [0.05, 0.1) is 24.8 Å². The number of hydrogen-bond donors (Lipinski definition) is 1. The summed E-state index contributed by atoms with van der Waals surface area (Å²) in [7, 11) is -4.14. The SMILES string of the molecule is CCCCN(C(=O)c1cccc(CN2C(=O)Nc3ccc(Cl)cc3S2(=O)=O)c1)C1CCC(C(=O)OCC)CC1. The van der Waals surface area contributed by atoms with Gasteiger partial charge in [0.1, 0.15) is 4.90 Å². The summed E-state index contributed by atoms with van der Waals surface area (Å²) in [6.07, 6.45) is 4.55. The summed E-state index contributed by atoms with van der Waals surface area (Å²) in [6.45, 7) is 4.58. The summed E-state index contributed by atoms with van der Waals surface area (Å²) < 4.78 is 32.4. The molecule has 0 unspecified atom stereocenters. The van der Waals surface area contributed by atoms with Crippen LogP contribution < -0.4 is 5.32 Å². The van der Waals surface area contributed by atoms with Crippen molar-refractivity contribution in [1.29, 1.82) is 0 Å². The van der Waals surface area contributed by atoms with E-state index in [0.29, 0.717) is 50.0 Å². The molecular formula is C28H34ClN3O6S. The molecule has 4 rings (SSSR count). The van der Waals surface area contributed by atoms with E-state index in [1.165, 1.54) is 18.2 Å². The van der Waals surface area contributed by atoms with Gasteiger partial charge >= 0.3 is 12.0 Å². The number of halogens is 1. The number of rotatable bonds is 9. The molecule has 0 radical (unpaired) electrons. The Hall–Kier alpha value is -3.11. The number of unbranched alkanes of at least 4 members (excludes halogenated alkanes) is 1. The maximum absolute atomic E-state index is 13.7. The van der Waals surface area contributed by atoms with Crippen LogP contribution in [0, 0.1) is 5.92 Å². The smallest absolute Gasteiger partial charge is 0.336 e. The number of hydrogen-bond acceptors (Lipinski definition) is 6. The number of nitrogens with one attached hydrogen (secondary N) is 1. The van der Waals surface area contributed by atoms with Crippen LogP contribution in [0.1, 0.15) is 68.3 Å². The van der Waals surface area contributed by atoms with Crippen molar-refractivity contribution in [2.24, 2.45) is 5.92 Å². The van der Waals surface area contributed by atoms with Gasteiger partial charge < -0.3 is 15.0 Å². The van der Waals surface area contributed by atoms with Gasteiger partial charge in [-0.1, -0.05) is 37.1 Å². The van der Waals surface area contributed by atoms with E-state index >= 15 is 0 Å². The van der Waals surface area contributed by atoms with Gasteiger partial charge in [-0.3, -0.25) is 9.59 Å². The minimum Gasteiger partial charge on any atom is -0.466 e. The number of esters is 1. The molecule has 210 valence electrons. The highest BCUT2D eigenvalue weighted by Crippen LogP contribution is 2.34. The largest absolute Gasteiger partial charge is 0.466 e. The number of carbonyl (C=O) groups is 3. The van der Waals surface area contributed by atoms with Gasteiger partial charge in [-0.15, -0.1) is 0 Å². The van der Waals surface area contributed by atoms with Gasteiger partial charge in [0.25, 0.3) is 15.9 Å². The summed E-state index contributed by atoms with van der Waals surface area (Å²) in [5.41, 5.74) is 1.11. The monoisotopic (exact) mass is 575 g/mol. The first-order valence-corrected chi connectivity index (χ1v) is 15.2. The highest BCUT2D eigenvalue weighted by atomic mass is 35.5. The fourth-order valence-corrected chi connectivity index (χ4v) is 6.90. The van der Waals surface area contributed by atoms with Crippen LogP contribution in [0.3, 0.4) is 0 Å². The van der Waals surface area contributed by atoms with E-state index in [4.69, 9.17) is 16.3 Å². The lowest BCUT2D eigenvalue weighted by Gasteiger charge is -2.36. The molecular weight excluding hydrogens is 542 g/mol. The van der Waals surface area contributed by atoms with Crippen molar-refractivity contribution in [3.05, 3.63) is 58.6 Å². The van der Waals surface area contributed by atoms with Crippen LogP contribution in [-0.2, 0) is 26.1 Å². The molecule has 0 bridgehead atoms. The minimum atomic E-state index is -4.14. The van der Waals surface area contributed by atoms with Crippen molar-refractivity contribution >= 4 is 45.2 Å². The van der Waals surface area contributed by atoms with E-state index in [1.54, 1.807) is 31.2 Å². The predicted octanol–water partition coefficient (Wildman–Crippen LogP) is 5.44. The Labute approximate surface area is 234 Å². The normalized spacial score (nSPS) is 20.1. The van der Waals surface area contributed by atoms with Crippen LogP contribution in [0.2, 0.25) is 5.02 Å². The second kappa shape index (κ2) is 12.4. The number of benzene rings is 2. The zero-order valence-electron chi connectivity index (χ0n) is 22.2. The Kier molecular flexibility index (Phi) is 9.17. The number of anilines is 1. The first kappa shape index (κ1) is 28.9. The third kappa shape index (κ3) is 6.38. The van der Waals surface area contributed by atoms with E-state index in [1.807, 2.05) is 4.90 Å². The van der Waals surface area contributed by atoms with Crippen LogP contribution in [0.25, 0.3) is 0 Å². The van der Waals surface area contributed by atoms with Crippen LogP contribution in [0.15, 0.2) is 47.4 Å². The Bertz CT molecular complexity index is 1340. The van der Waals surface area contributed by atoms with Gasteiger partial charge in [-0.05, 0) is 74.9 Å². The van der Waals surface area contributed by atoms with Crippen molar-refractivity contribution in [3.8, 4) is 0 Å². The Morgan fingerprint density at radius 3 is 2.54 bits per heavy atom. The molecule has 39 heavy (non-hydrogen) atoms. The van der Waals surface area contributed by atoms with Gasteiger partial charge in [0.15, 0.2) is 0 Å². The molecule has 2 aliphatic rings. The molecule has 0 atom stereocenters. The molecule has 1 saturated carbocycles. The average molecular weight is 576 g/mol. The first-order chi connectivity index (χ1) is 18.6. The fourth-order valence-electron chi connectivity index (χ4n) is 5.17. The highest BCUT2D eigenvalue weighted by Gasteiger charge is 2.37. The summed E-state index contributed by atoms with van der Waals surface area (Å²) in [5.74, 6) is -0.449. The van der Waals surface area contributed by atoms with Crippen molar-refractivity contribution in [2.45, 2.75) is 69.9 Å². The number of amides is 3. The second-order valence-corrected chi connectivity index (χ2v) is 12.2. The Morgan fingerprint density at radius 1 is 1.10 bits per heavy atom. The van der Waals surface area contributed by atoms with E-state index in [0.717, 1.165) is 17.1 Å². The second-order valence-electron chi connectivity index (χ2n) is 9.89. The highest BCUT2D eigenvalue weighted by molar-refractivity contribution is 7.90. The zero-order valence-corrected chi connectivity index (χ0v) is 23.8. The topological polar surface area (TPSA) is 113 Å². The molecule has 11 heteroatoms. The Morgan fingerprint density at radius 2 is 1.85 bits per heavy atom. The zero-order chi connectivity index (χ0) is 28.2. The molecule has 1 fully saturated rings. The minimum absolute atomic E-state index is 0.00730. The molecule has 2 aromatic rings. The number of nitrogens with zero attached hydrogens (tertiary/aromatic N) is 2. The fraction of sp³-hybridized carbons (Fsp3) is 0.464. The van der Waals surface area contributed by atoms with Gasteiger partial charge in [-0.2, -0.15) is 0 Å². The van der Waals surface area contributed by atoms with Gasteiger partial charge in [-0.25, -0.2) is 17.5 Å². The lowest BCUT2D eigenvalue weighted by Crippen LogP contribution is -2.44. The van der Waals surface area contributed by atoms with Crippen molar-refractivity contribution in [1.82, 2.24) is 9.21 Å².